The Kier molecular flexibility index (Phi) is 5.18. The number of likely N-dealkylation sites (tertiary alicyclic amines) is 1. The van der Waals surface area contributed by atoms with Crippen molar-refractivity contribution in [3.63, 3.8) is 0 Å². The number of carbonyl (C=O) groups excluding carboxylic acids is 1. The highest BCUT2D eigenvalue weighted by atomic mass is 19.1. The number of alkyl halides is 1. The second-order valence-corrected chi connectivity index (χ2v) is 6.87. The number of hydrogen-bond donors (Lipinski definition) is 1. The van der Waals surface area contributed by atoms with Crippen LogP contribution in [0.25, 0.3) is 0 Å². The van der Waals surface area contributed by atoms with E-state index in [0.29, 0.717) is 19.6 Å². The van der Waals surface area contributed by atoms with Gasteiger partial charge in [0.1, 0.15) is 11.3 Å². The first kappa shape index (κ1) is 16.2. The third-order valence-electron chi connectivity index (χ3n) is 2.88. The van der Waals surface area contributed by atoms with Gasteiger partial charge in [-0.2, -0.15) is 0 Å². The summed E-state index contributed by atoms with van der Waals surface area (Å²) in [7, 11) is 0. The summed E-state index contributed by atoms with van der Waals surface area (Å²) in [5.41, 5.74) is -1.70. The van der Waals surface area contributed by atoms with Crippen molar-refractivity contribution < 1.29 is 13.9 Å². The Morgan fingerprint density at radius 3 is 2.53 bits per heavy atom. The molecular weight excluding hydrogens is 247 g/mol. The van der Waals surface area contributed by atoms with Gasteiger partial charge in [0.2, 0.25) is 0 Å². The molecule has 1 fully saturated rings. The van der Waals surface area contributed by atoms with Crippen LogP contribution in [0.3, 0.4) is 0 Å². The van der Waals surface area contributed by atoms with Gasteiger partial charge in [-0.3, -0.25) is 0 Å². The molecule has 1 amide bonds. The lowest BCUT2D eigenvalue weighted by Crippen LogP contribution is -2.51. The van der Waals surface area contributed by atoms with Gasteiger partial charge in [-0.15, -0.1) is 0 Å². The Labute approximate surface area is 115 Å². The molecule has 1 saturated heterocycles. The largest absolute Gasteiger partial charge is 0.444 e. The van der Waals surface area contributed by atoms with Crippen LogP contribution in [-0.2, 0) is 4.74 Å². The fourth-order valence-corrected chi connectivity index (χ4v) is 2.02. The zero-order valence-corrected chi connectivity index (χ0v) is 12.8. The van der Waals surface area contributed by atoms with E-state index in [1.807, 2.05) is 20.8 Å². The van der Waals surface area contributed by atoms with Crippen molar-refractivity contribution >= 4 is 6.09 Å². The predicted octanol–water partition coefficient (Wildman–Crippen LogP) is 2.72. The van der Waals surface area contributed by atoms with Gasteiger partial charge in [-0.05, 0) is 47.5 Å². The summed E-state index contributed by atoms with van der Waals surface area (Å²) < 4.78 is 18.8. The number of carbonyl (C=O) groups is 1. The molecule has 0 aromatic heterocycles. The first-order valence-corrected chi connectivity index (χ1v) is 6.97. The molecule has 1 N–H and O–H groups in total. The Bertz CT molecular complexity index is 308. The van der Waals surface area contributed by atoms with Gasteiger partial charge in [-0.25, -0.2) is 9.18 Å². The summed E-state index contributed by atoms with van der Waals surface area (Å²) in [5, 5.41) is 3.18. The number of nitrogens with zero attached hydrogens (tertiary/aromatic N) is 1. The minimum absolute atomic E-state index is 0.149. The van der Waals surface area contributed by atoms with E-state index in [0.717, 1.165) is 12.8 Å². The molecule has 1 aliphatic heterocycles. The second kappa shape index (κ2) is 6.07. The smallest absolute Gasteiger partial charge is 0.410 e. The normalized spacial score (nSPS) is 21.4. The van der Waals surface area contributed by atoms with E-state index in [1.165, 1.54) is 0 Å². The van der Waals surface area contributed by atoms with Crippen LogP contribution in [0.4, 0.5) is 9.18 Å². The molecule has 0 aromatic carbocycles. The van der Waals surface area contributed by atoms with Crippen molar-refractivity contribution in [2.75, 3.05) is 19.6 Å². The molecule has 1 rings (SSSR count). The average molecular weight is 274 g/mol. The van der Waals surface area contributed by atoms with E-state index >= 15 is 0 Å². The second-order valence-electron chi connectivity index (χ2n) is 6.87. The number of halogens is 1. The summed E-state index contributed by atoms with van der Waals surface area (Å²) in [6, 6.07) is 0.149. The molecular formula is C14H27FN2O2. The molecule has 0 spiro atoms. The van der Waals surface area contributed by atoms with E-state index in [9.17, 15) is 9.18 Å². The fraction of sp³-hybridized carbons (Fsp3) is 0.929. The summed E-state index contributed by atoms with van der Waals surface area (Å²) in [6.45, 7) is 10.3. The lowest BCUT2D eigenvalue weighted by atomic mass is 10.0. The number of ether oxygens (including phenoxy) is 1. The molecule has 1 heterocycles. The Morgan fingerprint density at radius 1 is 1.37 bits per heavy atom. The lowest BCUT2D eigenvalue weighted by Gasteiger charge is -2.35. The summed E-state index contributed by atoms with van der Waals surface area (Å²) >= 11 is 0. The summed E-state index contributed by atoms with van der Waals surface area (Å²) in [5.74, 6) is 0. The van der Waals surface area contributed by atoms with E-state index in [-0.39, 0.29) is 12.1 Å². The molecule has 1 atom stereocenters. The maximum atomic E-state index is 13.5. The molecule has 112 valence electrons. The van der Waals surface area contributed by atoms with Crippen LogP contribution in [0.2, 0.25) is 0 Å². The van der Waals surface area contributed by atoms with E-state index in [4.69, 9.17) is 4.74 Å². The van der Waals surface area contributed by atoms with Gasteiger partial charge in [0, 0.05) is 25.7 Å². The van der Waals surface area contributed by atoms with Crippen LogP contribution in [0, 0.1) is 0 Å². The van der Waals surface area contributed by atoms with Crippen molar-refractivity contribution in [3.05, 3.63) is 0 Å². The van der Waals surface area contributed by atoms with Crippen molar-refractivity contribution in [3.8, 4) is 0 Å². The molecule has 4 nitrogen and oxygen atoms in total. The highest BCUT2D eigenvalue weighted by Crippen LogP contribution is 2.16. The number of piperidine rings is 1. The van der Waals surface area contributed by atoms with Gasteiger partial charge in [0.05, 0.1) is 0 Å². The van der Waals surface area contributed by atoms with Crippen LogP contribution >= 0.6 is 0 Å². The first-order valence-electron chi connectivity index (χ1n) is 6.97. The van der Waals surface area contributed by atoms with Crippen LogP contribution in [0.5, 0.6) is 0 Å². The zero-order chi connectivity index (χ0) is 14.7. The molecule has 0 aromatic rings. The van der Waals surface area contributed by atoms with E-state index < -0.39 is 11.3 Å². The van der Waals surface area contributed by atoms with Crippen LogP contribution in [0.15, 0.2) is 0 Å². The monoisotopic (exact) mass is 274 g/mol. The molecule has 19 heavy (non-hydrogen) atoms. The number of nitrogens with one attached hydrogen (secondary N) is 1. The molecule has 1 aliphatic rings. The Balaban J connectivity index is 2.44. The van der Waals surface area contributed by atoms with Crippen LogP contribution in [-0.4, -0.2) is 47.9 Å². The molecule has 0 saturated carbocycles. The van der Waals surface area contributed by atoms with Gasteiger partial charge in [0.15, 0.2) is 0 Å². The van der Waals surface area contributed by atoms with Crippen LogP contribution in [0.1, 0.15) is 47.5 Å². The number of rotatable bonds is 3. The first-order chi connectivity index (χ1) is 8.57. The summed E-state index contributed by atoms with van der Waals surface area (Å²) in [6.07, 6.45) is 1.61. The minimum Gasteiger partial charge on any atom is -0.444 e. The Morgan fingerprint density at radius 2 is 2.00 bits per heavy atom. The van der Waals surface area contributed by atoms with Crippen molar-refractivity contribution in [2.45, 2.75) is 64.8 Å². The number of hydrogen-bond acceptors (Lipinski definition) is 3. The molecule has 0 bridgehead atoms. The number of amides is 1. The highest BCUT2D eigenvalue weighted by Gasteiger charge is 2.28. The SMILES string of the molecule is CC(C)(F)CNC1CCCN(C(=O)OC(C)(C)C)C1. The molecule has 1 unspecified atom stereocenters. The van der Waals surface area contributed by atoms with Gasteiger partial charge in [-0.1, -0.05) is 0 Å². The maximum Gasteiger partial charge on any atom is 0.410 e. The standard InChI is InChI=1S/C14H27FN2O2/c1-13(2,3)19-12(18)17-8-6-7-11(9-17)16-10-14(4,5)15/h11,16H,6-10H2,1-5H3. The quantitative estimate of drug-likeness (QED) is 0.860. The van der Waals surface area contributed by atoms with Crippen LogP contribution < -0.4 is 5.32 Å². The van der Waals surface area contributed by atoms with Gasteiger partial charge in [0.25, 0.3) is 0 Å². The Hall–Kier alpha value is -0.840. The molecule has 5 heteroatoms. The van der Waals surface area contributed by atoms with E-state index in [1.54, 1.807) is 18.7 Å². The lowest BCUT2D eigenvalue weighted by molar-refractivity contribution is 0.0183. The fourth-order valence-electron chi connectivity index (χ4n) is 2.02. The molecule has 0 aliphatic carbocycles. The zero-order valence-electron chi connectivity index (χ0n) is 12.8. The predicted molar refractivity (Wildman–Crippen MR) is 74.0 cm³/mol. The van der Waals surface area contributed by atoms with Gasteiger partial charge < -0.3 is 15.0 Å². The van der Waals surface area contributed by atoms with E-state index in [2.05, 4.69) is 5.32 Å². The van der Waals surface area contributed by atoms with Gasteiger partial charge >= 0.3 is 6.09 Å². The topological polar surface area (TPSA) is 41.6 Å². The highest BCUT2D eigenvalue weighted by molar-refractivity contribution is 5.68. The summed E-state index contributed by atoms with van der Waals surface area (Å²) in [4.78, 5) is 13.7. The average Bonchev–Trinajstić information content (AvgIpc) is 2.23. The third kappa shape index (κ3) is 6.76. The van der Waals surface area contributed by atoms with Crippen molar-refractivity contribution in [1.82, 2.24) is 10.2 Å². The third-order valence-corrected chi connectivity index (χ3v) is 2.88. The molecule has 0 radical (unpaired) electrons. The minimum atomic E-state index is -1.23. The van der Waals surface area contributed by atoms with Crippen molar-refractivity contribution in [2.24, 2.45) is 0 Å². The van der Waals surface area contributed by atoms with Crippen molar-refractivity contribution in [1.29, 1.82) is 0 Å². The maximum absolute atomic E-state index is 13.5.